The zero-order valence-corrected chi connectivity index (χ0v) is 13.8. The van der Waals surface area contributed by atoms with Gasteiger partial charge in [-0.1, -0.05) is 26.0 Å². The molecule has 1 aromatic rings. The van der Waals surface area contributed by atoms with Crippen LogP contribution in [-0.4, -0.2) is 37.6 Å². The molecule has 20 heavy (non-hydrogen) atoms. The minimum atomic E-state index is 0.337. The summed E-state index contributed by atoms with van der Waals surface area (Å²) in [5.74, 6) is 0. The van der Waals surface area contributed by atoms with Crippen LogP contribution in [0.5, 0.6) is 0 Å². The van der Waals surface area contributed by atoms with Crippen LogP contribution in [0, 0.1) is 26.2 Å². The fraction of sp³-hybridized carbons (Fsp3) is 0.667. The minimum Gasteiger partial charge on any atom is -0.314 e. The third-order valence-corrected chi connectivity index (χ3v) is 4.48. The summed E-state index contributed by atoms with van der Waals surface area (Å²) in [6, 6.07) is 4.73. The molecule has 1 fully saturated rings. The Balaban J connectivity index is 2.05. The number of nitrogens with one attached hydrogen (secondary N) is 1. The molecule has 1 aliphatic rings. The van der Waals surface area contributed by atoms with E-state index < -0.39 is 0 Å². The van der Waals surface area contributed by atoms with E-state index in [0.717, 1.165) is 13.1 Å². The van der Waals surface area contributed by atoms with E-state index in [-0.39, 0.29) is 0 Å². The Kier molecular flexibility index (Phi) is 4.87. The molecule has 2 nitrogen and oxygen atoms in total. The van der Waals surface area contributed by atoms with Crippen molar-refractivity contribution in [3.05, 3.63) is 34.4 Å². The van der Waals surface area contributed by atoms with Crippen LogP contribution in [0.4, 0.5) is 0 Å². The molecular formula is C18H30N2. The van der Waals surface area contributed by atoms with Gasteiger partial charge < -0.3 is 10.2 Å². The van der Waals surface area contributed by atoms with Crippen LogP contribution in [0.2, 0.25) is 0 Å². The number of benzene rings is 1. The highest BCUT2D eigenvalue weighted by Gasteiger charge is 2.24. The van der Waals surface area contributed by atoms with E-state index >= 15 is 0 Å². The molecule has 1 aromatic carbocycles. The zero-order valence-electron chi connectivity index (χ0n) is 13.8. The lowest BCUT2D eigenvalue weighted by Gasteiger charge is -2.35. The van der Waals surface area contributed by atoms with E-state index in [0.29, 0.717) is 5.41 Å². The molecule has 0 aliphatic carbocycles. The highest BCUT2D eigenvalue weighted by molar-refractivity contribution is 5.37. The van der Waals surface area contributed by atoms with Crippen LogP contribution in [0.1, 0.15) is 36.1 Å². The second kappa shape index (κ2) is 6.28. The summed E-state index contributed by atoms with van der Waals surface area (Å²) in [6.07, 6.45) is 1.17. The molecule has 0 spiro atoms. The number of aryl methyl sites for hydroxylation is 3. The van der Waals surface area contributed by atoms with E-state index in [1.54, 1.807) is 0 Å². The quantitative estimate of drug-likeness (QED) is 0.907. The lowest BCUT2D eigenvalue weighted by atomic mass is 9.82. The molecule has 0 atom stereocenters. The molecule has 1 heterocycles. The Bertz CT molecular complexity index is 457. The lowest BCUT2D eigenvalue weighted by Crippen LogP contribution is -2.47. The van der Waals surface area contributed by atoms with Crippen LogP contribution in [0.15, 0.2) is 12.1 Å². The molecule has 0 saturated carbocycles. The fourth-order valence-corrected chi connectivity index (χ4v) is 3.26. The highest BCUT2D eigenvalue weighted by Crippen LogP contribution is 2.27. The van der Waals surface area contributed by atoms with Crippen molar-refractivity contribution < 1.29 is 0 Å². The molecule has 2 heteroatoms. The van der Waals surface area contributed by atoms with Gasteiger partial charge in [-0.15, -0.1) is 0 Å². The molecule has 2 rings (SSSR count). The summed E-state index contributed by atoms with van der Waals surface area (Å²) in [6.45, 7) is 17.3. The monoisotopic (exact) mass is 274 g/mol. The Morgan fingerprint density at radius 1 is 1.00 bits per heavy atom. The van der Waals surface area contributed by atoms with Crippen molar-refractivity contribution in [3.8, 4) is 0 Å². The van der Waals surface area contributed by atoms with E-state index in [2.05, 4.69) is 57.0 Å². The van der Waals surface area contributed by atoms with Crippen LogP contribution in [0.3, 0.4) is 0 Å². The maximum atomic E-state index is 3.43. The van der Waals surface area contributed by atoms with Crippen molar-refractivity contribution >= 4 is 0 Å². The number of hydrogen-bond acceptors (Lipinski definition) is 2. The predicted octanol–water partition coefficient (Wildman–Crippen LogP) is 3.09. The molecule has 1 aliphatic heterocycles. The summed E-state index contributed by atoms with van der Waals surface area (Å²) < 4.78 is 0. The minimum absolute atomic E-state index is 0.337. The number of rotatable bonds is 4. The highest BCUT2D eigenvalue weighted by atomic mass is 15.2. The van der Waals surface area contributed by atoms with Crippen molar-refractivity contribution in [3.63, 3.8) is 0 Å². The van der Waals surface area contributed by atoms with Gasteiger partial charge in [0, 0.05) is 32.7 Å². The summed E-state index contributed by atoms with van der Waals surface area (Å²) in [4.78, 5) is 2.60. The standard InChI is InChI=1S/C18H30N2/c1-14-10-16(3)17(11-15(14)2)12-18(4,5)13-20-8-6-19-7-9-20/h10-11,19H,6-9,12-13H2,1-5H3. The first-order chi connectivity index (χ1) is 9.37. The van der Waals surface area contributed by atoms with Crippen LogP contribution < -0.4 is 5.32 Å². The third kappa shape index (κ3) is 4.07. The van der Waals surface area contributed by atoms with E-state index in [1.165, 1.54) is 48.3 Å². The third-order valence-electron chi connectivity index (χ3n) is 4.48. The first-order valence-electron chi connectivity index (χ1n) is 7.87. The molecule has 0 unspecified atom stereocenters. The molecule has 0 bridgehead atoms. The second-order valence-corrected chi connectivity index (χ2v) is 7.23. The molecule has 0 radical (unpaired) electrons. The molecule has 1 N–H and O–H groups in total. The predicted molar refractivity (Wildman–Crippen MR) is 87.4 cm³/mol. The summed E-state index contributed by atoms with van der Waals surface area (Å²) in [5.41, 5.74) is 6.13. The molecular weight excluding hydrogens is 244 g/mol. The van der Waals surface area contributed by atoms with Crippen LogP contribution in [0.25, 0.3) is 0 Å². The maximum Gasteiger partial charge on any atom is 0.0108 e. The number of hydrogen-bond donors (Lipinski definition) is 1. The van der Waals surface area contributed by atoms with Crippen molar-refractivity contribution in [2.45, 2.75) is 41.0 Å². The van der Waals surface area contributed by atoms with Crippen molar-refractivity contribution in [1.29, 1.82) is 0 Å². The SMILES string of the molecule is Cc1cc(C)c(CC(C)(C)CN2CCNCC2)cc1C. The maximum absolute atomic E-state index is 3.43. The van der Waals surface area contributed by atoms with Crippen molar-refractivity contribution in [2.75, 3.05) is 32.7 Å². The number of piperazine rings is 1. The van der Waals surface area contributed by atoms with Gasteiger partial charge >= 0.3 is 0 Å². The Hall–Kier alpha value is -0.860. The van der Waals surface area contributed by atoms with E-state index in [1.807, 2.05) is 0 Å². The first kappa shape index (κ1) is 15.5. The van der Waals surface area contributed by atoms with Gasteiger partial charge in [-0.25, -0.2) is 0 Å². The van der Waals surface area contributed by atoms with Crippen LogP contribution >= 0.6 is 0 Å². The second-order valence-electron chi connectivity index (χ2n) is 7.23. The van der Waals surface area contributed by atoms with Gasteiger partial charge in [0.2, 0.25) is 0 Å². The van der Waals surface area contributed by atoms with Crippen LogP contribution in [-0.2, 0) is 6.42 Å². The molecule has 1 saturated heterocycles. The van der Waals surface area contributed by atoms with Gasteiger partial charge in [0.05, 0.1) is 0 Å². The summed E-state index contributed by atoms with van der Waals surface area (Å²) in [5, 5.41) is 3.43. The summed E-state index contributed by atoms with van der Waals surface area (Å²) in [7, 11) is 0. The summed E-state index contributed by atoms with van der Waals surface area (Å²) >= 11 is 0. The van der Waals surface area contributed by atoms with Gasteiger partial charge in [-0.05, 0) is 54.9 Å². The zero-order chi connectivity index (χ0) is 14.8. The normalized spacial score (nSPS) is 17.4. The molecule has 112 valence electrons. The van der Waals surface area contributed by atoms with Gasteiger partial charge in [0.1, 0.15) is 0 Å². The largest absolute Gasteiger partial charge is 0.314 e. The van der Waals surface area contributed by atoms with E-state index in [4.69, 9.17) is 0 Å². The molecule has 0 aromatic heterocycles. The number of nitrogens with zero attached hydrogens (tertiary/aromatic N) is 1. The Morgan fingerprint density at radius 2 is 1.60 bits per heavy atom. The first-order valence-corrected chi connectivity index (χ1v) is 7.87. The van der Waals surface area contributed by atoms with Gasteiger partial charge in [-0.2, -0.15) is 0 Å². The average Bonchev–Trinajstić information content (AvgIpc) is 2.36. The van der Waals surface area contributed by atoms with Gasteiger partial charge in [0.25, 0.3) is 0 Å². The fourth-order valence-electron chi connectivity index (χ4n) is 3.26. The van der Waals surface area contributed by atoms with Gasteiger partial charge in [0.15, 0.2) is 0 Å². The lowest BCUT2D eigenvalue weighted by molar-refractivity contribution is 0.160. The van der Waals surface area contributed by atoms with Crippen molar-refractivity contribution in [2.24, 2.45) is 5.41 Å². The Labute approximate surface area is 124 Å². The smallest absolute Gasteiger partial charge is 0.0108 e. The molecule has 0 amide bonds. The topological polar surface area (TPSA) is 15.3 Å². The van der Waals surface area contributed by atoms with Crippen molar-refractivity contribution in [1.82, 2.24) is 10.2 Å². The Morgan fingerprint density at radius 3 is 2.25 bits per heavy atom. The van der Waals surface area contributed by atoms with Gasteiger partial charge in [-0.3, -0.25) is 0 Å². The average molecular weight is 274 g/mol. The van der Waals surface area contributed by atoms with E-state index in [9.17, 15) is 0 Å².